The van der Waals surface area contributed by atoms with Gasteiger partial charge in [-0.2, -0.15) is 4.98 Å². The molecule has 94 valence electrons. The van der Waals surface area contributed by atoms with Crippen molar-refractivity contribution >= 4 is 17.6 Å². The van der Waals surface area contributed by atoms with Gasteiger partial charge in [0, 0.05) is 0 Å². The number of benzene rings is 1. The van der Waals surface area contributed by atoms with Gasteiger partial charge in [0.15, 0.2) is 0 Å². The zero-order valence-electron chi connectivity index (χ0n) is 9.75. The lowest BCUT2D eigenvalue weighted by Crippen LogP contribution is -2.03. The Balaban J connectivity index is 2.36. The Bertz CT molecular complexity index is 583. The summed E-state index contributed by atoms with van der Waals surface area (Å²) in [6, 6.07) is 5.11. The fourth-order valence-corrected chi connectivity index (χ4v) is 1.64. The van der Waals surface area contributed by atoms with Gasteiger partial charge in [-0.1, -0.05) is 11.6 Å². The Morgan fingerprint density at radius 3 is 2.72 bits per heavy atom. The molecular formula is C11H10ClN3O3. The molecule has 0 spiro atoms. The van der Waals surface area contributed by atoms with E-state index in [2.05, 4.69) is 14.8 Å². The summed E-state index contributed by atoms with van der Waals surface area (Å²) in [5, 5.41) is 4.33. The number of ether oxygens (including phenoxy) is 2. The first kappa shape index (κ1) is 12.4. The predicted molar refractivity (Wildman–Crippen MR) is 64.3 cm³/mol. The highest BCUT2D eigenvalue weighted by molar-refractivity contribution is 6.33. The molecule has 2 rings (SSSR count). The normalized spacial score (nSPS) is 10.2. The lowest BCUT2D eigenvalue weighted by atomic mass is 10.2. The average Bonchev–Trinajstić information content (AvgIpc) is 2.86. The molecule has 0 saturated heterocycles. The molecule has 0 unspecified atom stereocenters. The van der Waals surface area contributed by atoms with Gasteiger partial charge in [0.05, 0.1) is 30.5 Å². The van der Waals surface area contributed by atoms with E-state index in [0.29, 0.717) is 11.3 Å². The van der Waals surface area contributed by atoms with Crippen LogP contribution in [0.4, 0.5) is 0 Å². The number of halogens is 1. The zero-order valence-corrected chi connectivity index (χ0v) is 10.5. The van der Waals surface area contributed by atoms with Crippen molar-refractivity contribution < 1.29 is 14.3 Å². The number of carbonyl (C=O) groups excluding carboxylic acids is 1. The maximum absolute atomic E-state index is 11.4. The molecule has 1 heterocycles. The van der Waals surface area contributed by atoms with Gasteiger partial charge >= 0.3 is 12.0 Å². The maximum Gasteiger partial charge on any atom is 0.339 e. The lowest BCUT2D eigenvalue weighted by molar-refractivity contribution is 0.0601. The fraction of sp³-hybridized carbons (Fsp3) is 0.182. The Morgan fingerprint density at radius 2 is 2.17 bits per heavy atom. The molecule has 18 heavy (non-hydrogen) atoms. The number of methoxy groups -OCH3 is 2. The van der Waals surface area contributed by atoms with Crippen molar-refractivity contribution in [2.75, 3.05) is 14.2 Å². The van der Waals surface area contributed by atoms with E-state index in [0.717, 1.165) is 0 Å². The van der Waals surface area contributed by atoms with Crippen LogP contribution in [0.2, 0.25) is 5.02 Å². The fourth-order valence-electron chi connectivity index (χ4n) is 1.39. The summed E-state index contributed by atoms with van der Waals surface area (Å²) in [6.45, 7) is 0. The quantitative estimate of drug-likeness (QED) is 0.792. The van der Waals surface area contributed by atoms with Gasteiger partial charge in [-0.05, 0) is 18.2 Å². The number of esters is 1. The molecule has 0 radical (unpaired) electrons. The first-order valence-electron chi connectivity index (χ1n) is 4.99. The van der Waals surface area contributed by atoms with Crippen molar-refractivity contribution in [1.29, 1.82) is 0 Å². The van der Waals surface area contributed by atoms with Crippen LogP contribution in [0.25, 0.3) is 5.69 Å². The average molecular weight is 268 g/mol. The Kier molecular flexibility index (Phi) is 3.47. The molecule has 1 aromatic carbocycles. The topological polar surface area (TPSA) is 66.2 Å². The van der Waals surface area contributed by atoms with Crippen LogP contribution < -0.4 is 4.74 Å². The van der Waals surface area contributed by atoms with Crippen molar-refractivity contribution in [1.82, 2.24) is 14.8 Å². The van der Waals surface area contributed by atoms with Crippen LogP contribution in [0.1, 0.15) is 10.4 Å². The van der Waals surface area contributed by atoms with Gasteiger partial charge in [0.25, 0.3) is 0 Å². The molecule has 0 N–H and O–H groups in total. The van der Waals surface area contributed by atoms with Crippen LogP contribution in [0, 0.1) is 0 Å². The molecule has 0 aliphatic carbocycles. The van der Waals surface area contributed by atoms with Gasteiger partial charge in [0.1, 0.15) is 6.33 Å². The third-order valence-corrected chi connectivity index (χ3v) is 2.59. The van der Waals surface area contributed by atoms with Gasteiger partial charge in [-0.3, -0.25) is 0 Å². The summed E-state index contributed by atoms with van der Waals surface area (Å²) >= 11 is 6.00. The van der Waals surface area contributed by atoms with Crippen molar-refractivity contribution in [2.45, 2.75) is 0 Å². The first-order valence-corrected chi connectivity index (χ1v) is 5.37. The highest BCUT2D eigenvalue weighted by atomic mass is 35.5. The van der Waals surface area contributed by atoms with Crippen LogP contribution in [-0.2, 0) is 4.74 Å². The third-order valence-electron chi connectivity index (χ3n) is 2.28. The number of nitrogens with zero attached hydrogens (tertiary/aromatic N) is 3. The Morgan fingerprint density at radius 1 is 1.39 bits per heavy atom. The van der Waals surface area contributed by atoms with Gasteiger partial charge in [0.2, 0.25) is 0 Å². The van der Waals surface area contributed by atoms with Crippen molar-refractivity contribution in [2.24, 2.45) is 0 Å². The number of hydrogen-bond acceptors (Lipinski definition) is 5. The van der Waals surface area contributed by atoms with Gasteiger partial charge in [-0.25, -0.2) is 9.48 Å². The molecular weight excluding hydrogens is 258 g/mol. The van der Waals surface area contributed by atoms with E-state index in [-0.39, 0.29) is 11.0 Å². The number of rotatable bonds is 3. The standard InChI is InChI=1S/C11H10ClN3O3/c1-17-10(16)8-4-3-7(5-9(8)12)15-6-13-11(14-15)18-2/h3-6H,1-2H3. The maximum atomic E-state index is 11.4. The summed E-state index contributed by atoms with van der Waals surface area (Å²) in [7, 11) is 2.78. The van der Waals surface area contributed by atoms with Gasteiger partial charge in [-0.15, -0.1) is 5.10 Å². The minimum atomic E-state index is -0.484. The van der Waals surface area contributed by atoms with Crippen LogP contribution >= 0.6 is 11.6 Å². The van der Waals surface area contributed by atoms with Crippen molar-refractivity contribution in [3.8, 4) is 11.7 Å². The van der Waals surface area contributed by atoms with E-state index in [1.54, 1.807) is 18.2 Å². The number of carbonyl (C=O) groups is 1. The second-order valence-electron chi connectivity index (χ2n) is 3.33. The first-order chi connectivity index (χ1) is 8.65. The van der Waals surface area contributed by atoms with Crippen LogP contribution in [-0.4, -0.2) is 35.0 Å². The summed E-state index contributed by atoms with van der Waals surface area (Å²) < 4.78 is 11.0. The molecule has 0 atom stereocenters. The smallest absolute Gasteiger partial charge is 0.339 e. The summed E-state index contributed by atoms with van der Waals surface area (Å²) in [4.78, 5) is 15.3. The highest BCUT2D eigenvalue weighted by Gasteiger charge is 2.12. The highest BCUT2D eigenvalue weighted by Crippen LogP contribution is 2.21. The largest absolute Gasteiger partial charge is 0.466 e. The van der Waals surface area contributed by atoms with E-state index in [9.17, 15) is 4.79 Å². The molecule has 0 fully saturated rings. The molecule has 7 heteroatoms. The van der Waals surface area contributed by atoms with E-state index in [1.165, 1.54) is 25.2 Å². The van der Waals surface area contributed by atoms with Crippen LogP contribution in [0.5, 0.6) is 6.01 Å². The monoisotopic (exact) mass is 267 g/mol. The second kappa shape index (κ2) is 5.05. The molecule has 6 nitrogen and oxygen atoms in total. The molecule has 0 saturated carbocycles. The molecule has 1 aromatic heterocycles. The summed E-state index contributed by atoms with van der Waals surface area (Å²) in [6.07, 6.45) is 1.49. The SMILES string of the molecule is COC(=O)c1ccc(-n2cnc(OC)n2)cc1Cl. The van der Waals surface area contributed by atoms with E-state index in [4.69, 9.17) is 16.3 Å². The molecule has 0 bridgehead atoms. The second-order valence-corrected chi connectivity index (χ2v) is 3.74. The Labute approximate surface area is 108 Å². The van der Waals surface area contributed by atoms with E-state index < -0.39 is 5.97 Å². The minimum absolute atomic E-state index is 0.253. The van der Waals surface area contributed by atoms with Crippen LogP contribution in [0.15, 0.2) is 24.5 Å². The Hall–Kier alpha value is -2.08. The lowest BCUT2D eigenvalue weighted by Gasteiger charge is -2.05. The number of aromatic nitrogens is 3. The van der Waals surface area contributed by atoms with Crippen LogP contribution in [0.3, 0.4) is 0 Å². The third kappa shape index (κ3) is 2.28. The molecule has 0 aliphatic rings. The van der Waals surface area contributed by atoms with Crippen molar-refractivity contribution in [3.05, 3.63) is 35.1 Å². The van der Waals surface area contributed by atoms with E-state index in [1.807, 2.05) is 0 Å². The predicted octanol–water partition coefficient (Wildman–Crippen LogP) is 1.72. The van der Waals surface area contributed by atoms with Gasteiger partial charge < -0.3 is 9.47 Å². The summed E-state index contributed by atoms with van der Waals surface area (Å²) in [5.74, 6) is -0.484. The van der Waals surface area contributed by atoms with E-state index >= 15 is 0 Å². The molecule has 2 aromatic rings. The summed E-state index contributed by atoms with van der Waals surface area (Å²) in [5.41, 5.74) is 0.971. The molecule has 0 aliphatic heterocycles. The molecule has 0 amide bonds. The minimum Gasteiger partial charge on any atom is -0.466 e. The van der Waals surface area contributed by atoms with Crippen molar-refractivity contribution in [3.63, 3.8) is 0 Å². The number of hydrogen-bond donors (Lipinski definition) is 0. The zero-order chi connectivity index (χ0) is 13.1.